The van der Waals surface area contributed by atoms with Gasteiger partial charge in [0.15, 0.2) is 5.69 Å². The summed E-state index contributed by atoms with van der Waals surface area (Å²) in [5, 5.41) is 35.6. The van der Waals surface area contributed by atoms with Crippen LogP contribution in [-0.2, 0) is 4.79 Å². The first-order valence-electron chi connectivity index (χ1n) is 9.51. The fourth-order valence-corrected chi connectivity index (χ4v) is 3.08. The van der Waals surface area contributed by atoms with Crippen molar-refractivity contribution < 1.29 is 60.3 Å². The van der Waals surface area contributed by atoms with Gasteiger partial charge in [-0.15, -0.1) is 0 Å². The van der Waals surface area contributed by atoms with E-state index in [1.807, 2.05) is 13.8 Å². The predicted molar refractivity (Wildman–Crippen MR) is 110 cm³/mol. The van der Waals surface area contributed by atoms with Gasteiger partial charge in [-0.05, 0) is 36.3 Å². The van der Waals surface area contributed by atoms with Crippen molar-refractivity contribution in [3.8, 4) is 5.69 Å². The third-order valence-corrected chi connectivity index (χ3v) is 4.45. The summed E-state index contributed by atoms with van der Waals surface area (Å²) >= 11 is 0. The molecule has 31 heavy (non-hydrogen) atoms. The van der Waals surface area contributed by atoms with Crippen LogP contribution in [0.4, 0.5) is 4.39 Å². The molecular formula is C21H27FN3NaO5. The monoisotopic (exact) mass is 443 g/mol. The summed E-state index contributed by atoms with van der Waals surface area (Å²) in [5.74, 6) is -2.06. The minimum Gasteiger partial charge on any atom is -1.00 e. The summed E-state index contributed by atoms with van der Waals surface area (Å²) in [4.78, 5) is 23.0. The van der Waals surface area contributed by atoms with Gasteiger partial charge in [0.1, 0.15) is 5.82 Å². The smallest absolute Gasteiger partial charge is 1.00 e. The van der Waals surface area contributed by atoms with E-state index in [1.54, 1.807) is 6.08 Å². The average molecular weight is 443 g/mol. The van der Waals surface area contributed by atoms with Crippen molar-refractivity contribution >= 4 is 18.0 Å². The van der Waals surface area contributed by atoms with Gasteiger partial charge in [0.2, 0.25) is 0 Å². The summed E-state index contributed by atoms with van der Waals surface area (Å²) in [7, 11) is 1.49. The van der Waals surface area contributed by atoms with Gasteiger partial charge in [0, 0.05) is 19.0 Å². The molecule has 0 fully saturated rings. The van der Waals surface area contributed by atoms with Gasteiger partial charge >= 0.3 is 35.5 Å². The molecule has 4 N–H and O–H groups in total. The average Bonchev–Trinajstić information content (AvgIpc) is 3.05. The molecule has 2 rings (SSSR count). The number of aliphatic hydroxyl groups excluding tert-OH is 2. The molecule has 164 valence electrons. The number of carbonyl (C=O) groups excluding carboxylic acids is 1. The maximum Gasteiger partial charge on any atom is 1.00 e. The number of nitrogens with zero attached hydrogens (tertiary/aromatic N) is 2. The number of carbonyl (C=O) groups is 2. The number of nitrogens with one attached hydrogen (secondary N) is 1. The van der Waals surface area contributed by atoms with Gasteiger partial charge in [-0.2, -0.15) is 5.10 Å². The van der Waals surface area contributed by atoms with E-state index in [0.29, 0.717) is 16.9 Å². The zero-order valence-electron chi connectivity index (χ0n) is 19.0. The molecule has 1 amide bonds. The van der Waals surface area contributed by atoms with Crippen LogP contribution >= 0.6 is 0 Å². The second kappa shape index (κ2) is 12.1. The zero-order valence-corrected chi connectivity index (χ0v) is 20.0. The number of carboxylic acids is 1. The Bertz CT molecular complexity index is 934. The molecule has 2 atom stereocenters. The molecule has 0 saturated carbocycles. The summed E-state index contributed by atoms with van der Waals surface area (Å²) in [6, 6.07) is 5.58. The van der Waals surface area contributed by atoms with Crippen molar-refractivity contribution in [1.29, 1.82) is 0 Å². The molecule has 0 aliphatic carbocycles. The van der Waals surface area contributed by atoms with Crippen molar-refractivity contribution in [2.24, 2.45) is 0 Å². The number of halogens is 1. The number of benzene rings is 1. The molecule has 0 radical (unpaired) electrons. The Labute approximate surface area is 203 Å². The normalized spacial score (nSPS) is 13.1. The molecule has 0 aliphatic rings. The Hall–Kier alpha value is -2.04. The van der Waals surface area contributed by atoms with Gasteiger partial charge in [-0.25, -0.2) is 9.07 Å². The molecule has 1 aromatic carbocycles. The van der Waals surface area contributed by atoms with E-state index in [1.165, 1.54) is 42.1 Å². The Balaban J connectivity index is 0.00000480. The van der Waals surface area contributed by atoms with Crippen LogP contribution in [0.15, 0.2) is 30.3 Å². The Morgan fingerprint density at radius 2 is 1.87 bits per heavy atom. The van der Waals surface area contributed by atoms with Crippen LogP contribution in [0.25, 0.3) is 11.8 Å². The van der Waals surface area contributed by atoms with Crippen molar-refractivity contribution in [3.63, 3.8) is 0 Å². The van der Waals surface area contributed by atoms with Crippen molar-refractivity contribution in [2.75, 3.05) is 7.05 Å². The van der Waals surface area contributed by atoms with Crippen LogP contribution < -0.4 is 34.9 Å². The zero-order chi connectivity index (χ0) is 22.4. The number of amides is 1. The Morgan fingerprint density at radius 1 is 1.26 bits per heavy atom. The minimum absolute atomic E-state index is 0. The summed E-state index contributed by atoms with van der Waals surface area (Å²) in [5.41, 5.74) is 1.88. The summed E-state index contributed by atoms with van der Waals surface area (Å²) in [6.45, 7) is 3.78. The quantitative estimate of drug-likeness (QED) is 0.377. The third kappa shape index (κ3) is 7.26. The minimum atomic E-state index is -1.20. The number of hydrogen-bond acceptors (Lipinski definition) is 5. The first kappa shape index (κ1) is 27.0. The number of aliphatic hydroxyl groups is 2. The van der Waals surface area contributed by atoms with E-state index < -0.39 is 30.4 Å². The second-order valence-corrected chi connectivity index (χ2v) is 7.18. The fourth-order valence-electron chi connectivity index (χ4n) is 3.08. The van der Waals surface area contributed by atoms with E-state index in [-0.39, 0.29) is 54.9 Å². The molecule has 8 nitrogen and oxygen atoms in total. The van der Waals surface area contributed by atoms with E-state index in [4.69, 9.17) is 5.11 Å². The maximum atomic E-state index is 13.4. The van der Waals surface area contributed by atoms with Crippen molar-refractivity contribution in [2.45, 2.75) is 44.8 Å². The molecular weight excluding hydrogens is 416 g/mol. The number of carboxylic acid groups (broad SMARTS) is 1. The van der Waals surface area contributed by atoms with Crippen LogP contribution in [0.2, 0.25) is 0 Å². The molecule has 1 heterocycles. The topological polar surface area (TPSA) is 125 Å². The number of rotatable bonds is 9. The molecule has 1 aromatic heterocycles. The summed E-state index contributed by atoms with van der Waals surface area (Å²) < 4.78 is 14.8. The largest absolute Gasteiger partial charge is 1.00 e. The number of aromatic nitrogens is 2. The van der Waals surface area contributed by atoms with Gasteiger partial charge < -0.3 is 22.1 Å². The van der Waals surface area contributed by atoms with Gasteiger partial charge in [-0.1, -0.05) is 19.9 Å². The molecule has 2 aromatic rings. The molecule has 0 saturated heterocycles. The van der Waals surface area contributed by atoms with Crippen LogP contribution in [0.3, 0.4) is 0 Å². The summed E-state index contributed by atoms with van der Waals surface area (Å²) in [6.07, 6.45) is 0.0239. The first-order valence-corrected chi connectivity index (χ1v) is 9.51. The molecule has 0 bridgehead atoms. The van der Waals surface area contributed by atoms with Crippen molar-refractivity contribution in [3.05, 3.63) is 53.1 Å². The van der Waals surface area contributed by atoms with Gasteiger partial charge in [0.25, 0.3) is 5.91 Å². The number of aliphatic carboxylic acids is 1. The van der Waals surface area contributed by atoms with E-state index in [9.17, 15) is 24.2 Å². The van der Waals surface area contributed by atoms with Crippen LogP contribution in [0.5, 0.6) is 0 Å². The Kier molecular flexibility index (Phi) is 10.5. The fraction of sp³-hybridized carbons (Fsp3) is 0.381. The first-order chi connectivity index (χ1) is 14.1. The van der Waals surface area contributed by atoms with Crippen LogP contribution in [0.1, 0.15) is 55.8 Å². The molecule has 0 spiro atoms. The molecule has 10 heteroatoms. The van der Waals surface area contributed by atoms with Crippen molar-refractivity contribution in [1.82, 2.24) is 15.1 Å². The van der Waals surface area contributed by atoms with Crippen LogP contribution in [0, 0.1) is 5.82 Å². The van der Waals surface area contributed by atoms with Gasteiger partial charge in [0.05, 0.1) is 30.0 Å². The van der Waals surface area contributed by atoms with Gasteiger partial charge in [-0.3, -0.25) is 9.59 Å². The SMILES string of the molecule is CNC(=O)c1nn(-c2ccc(F)cc2)c(/C=C/[C@H](O)C[C@@H](O)CC(=O)O)c1C(C)C.[H-].[Na+]. The second-order valence-electron chi connectivity index (χ2n) is 7.18. The number of hydrogen-bond donors (Lipinski definition) is 4. The standard InChI is InChI=1S/C21H26FN3O5.Na.H/c1-12(2)19-17(9-8-15(26)10-16(27)11-18(28)29)25(24-20(19)21(30)23-3)14-6-4-13(22)5-7-14;;/h4-9,12,15-16,26-27H,10-11H2,1-3H3,(H,23,30)(H,28,29);;/q;+1;-1/b9-8+;;/t15-,16+;;/m0../s1. The maximum absolute atomic E-state index is 13.4. The van der Waals surface area contributed by atoms with E-state index >= 15 is 0 Å². The third-order valence-electron chi connectivity index (χ3n) is 4.45. The molecule has 0 aliphatic heterocycles. The van der Waals surface area contributed by atoms with E-state index in [2.05, 4.69) is 10.4 Å². The van der Waals surface area contributed by atoms with Crippen LogP contribution in [-0.4, -0.2) is 56.2 Å². The Morgan fingerprint density at radius 3 is 2.39 bits per heavy atom. The van der Waals surface area contributed by atoms with E-state index in [0.717, 1.165) is 0 Å². The molecule has 0 unspecified atom stereocenters. The predicted octanol–water partition coefficient (Wildman–Crippen LogP) is -0.789.